The van der Waals surface area contributed by atoms with Gasteiger partial charge in [-0.1, -0.05) is 6.08 Å². The lowest BCUT2D eigenvalue weighted by Crippen LogP contribution is -1.89. The Kier molecular flexibility index (Phi) is 3.57. The molecule has 0 aromatic heterocycles. The molecule has 14 heavy (non-hydrogen) atoms. The number of hydrogen-bond donors (Lipinski definition) is 0. The Bertz CT molecular complexity index is 318. The fraction of sp³-hybridized carbons (Fsp3) is 0.333. The Morgan fingerprint density at radius 3 is 1.93 bits per heavy atom. The molecule has 0 fully saturated rings. The van der Waals surface area contributed by atoms with Crippen LogP contribution in [0.5, 0.6) is 11.5 Å². The molecule has 0 aliphatic rings. The molecule has 0 heterocycles. The summed E-state index contributed by atoms with van der Waals surface area (Å²) in [5, 5.41) is 0. The maximum Gasteiger partial charge on any atom is 0.123 e. The summed E-state index contributed by atoms with van der Waals surface area (Å²) in [6.45, 7) is 4.08. The molecule has 0 atom stereocenters. The van der Waals surface area contributed by atoms with Crippen LogP contribution in [-0.2, 0) is 0 Å². The van der Waals surface area contributed by atoms with Crippen molar-refractivity contribution in [2.75, 3.05) is 14.2 Å². The van der Waals surface area contributed by atoms with Crippen molar-refractivity contribution in [2.24, 2.45) is 0 Å². The Labute approximate surface area is 85.2 Å². The van der Waals surface area contributed by atoms with Crippen LogP contribution in [0.1, 0.15) is 19.4 Å². The molecule has 0 radical (unpaired) electrons. The summed E-state index contributed by atoms with van der Waals surface area (Å²) < 4.78 is 10.4. The SMILES string of the molecule is CC=C(C)c1cc(OC)cc(OC)c1. The number of ether oxygens (including phenoxy) is 2. The van der Waals surface area contributed by atoms with Crippen molar-refractivity contribution in [3.8, 4) is 11.5 Å². The highest BCUT2D eigenvalue weighted by molar-refractivity contribution is 5.66. The van der Waals surface area contributed by atoms with Gasteiger partial charge in [0.15, 0.2) is 0 Å². The molecule has 0 saturated carbocycles. The molecule has 0 unspecified atom stereocenters. The van der Waals surface area contributed by atoms with Gasteiger partial charge in [-0.25, -0.2) is 0 Å². The minimum absolute atomic E-state index is 0.820. The third-order valence-electron chi connectivity index (χ3n) is 2.24. The van der Waals surface area contributed by atoms with Crippen molar-refractivity contribution in [3.05, 3.63) is 29.8 Å². The maximum atomic E-state index is 5.18. The highest BCUT2D eigenvalue weighted by Crippen LogP contribution is 2.26. The zero-order chi connectivity index (χ0) is 10.6. The highest BCUT2D eigenvalue weighted by Gasteiger charge is 2.02. The molecule has 76 valence electrons. The minimum Gasteiger partial charge on any atom is -0.497 e. The van der Waals surface area contributed by atoms with E-state index in [1.54, 1.807) is 14.2 Å². The third kappa shape index (κ3) is 2.28. The normalized spacial score (nSPS) is 11.3. The van der Waals surface area contributed by atoms with E-state index in [0.29, 0.717) is 0 Å². The lowest BCUT2D eigenvalue weighted by Gasteiger charge is -2.08. The van der Waals surface area contributed by atoms with Crippen molar-refractivity contribution in [3.63, 3.8) is 0 Å². The van der Waals surface area contributed by atoms with Gasteiger partial charge >= 0.3 is 0 Å². The van der Waals surface area contributed by atoms with Crippen molar-refractivity contribution >= 4 is 5.57 Å². The molecule has 1 aromatic rings. The lowest BCUT2D eigenvalue weighted by molar-refractivity contribution is 0.394. The second-order valence-electron chi connectivity index (χ2n) is 3.07. The van der Waals surface area contributed by atoms with E-state index in [0.717, 1.165) is 17.1 Å². The van der Waals surface area contributed by atoms with Crippen LogP contribution in [0.3, 0.4) is 0 Å². The number of hydrogen-bond acceptors (Lipinski definition) is 2. The van der Waals surface area contributed by atoms with Crippen molar-refractivity contribution in [2.45, 2.75) is 13.8 Å². The largest absolute Gasteiger partial charge is 0.497 e. The molecule has 0 spiro atoms. The number of allylic oxidation sites excluding steroid dienone is 2. The fourth-order valence-corrected chi connectivity index (χ4v) is 1.20. The van der Waals surface area contributed by atoms with E-state index in [9.17, 15) is 0 Å². The van der Waals surface area contributed by atoms with Crippen LogP contribution in [-0.4, -0.2) is 14.2 Å². The molecular weight excluding hydrogens is 176 g/mol. The van der Waals surface area contributed by atoms with Crippen LogP contribution in [0.4, 0.5) is 0 Å². The van der Waals surface area contributed by atoms with E-state index in [4.69, 9.17) is 9.47 Å². The molecule has 0 aliphatic heterocycles. The van der Waals surface area contributed by atoms with Gasteiger partial charge in [0.2, 0.25) is 0 Å². The molecule has 2 heteroatoms. The first-order chi connectivity index (χ1) is 6.71. The molecule has 1 aromatic carbocycles. The summed E-state index contributed by atoms with van der Waals surface area (Å²) in [5.74, 6) is 1.64. The van der Waals surface area contributed by atoms with Crippen molar-refractivity contribution < 1.29 is 9.47 Å². The summed E-state index contributed by atoms with van der Waals surface area (Å²) in [6.07, 6.45) is 2.06. The van der Waals surface area contributed by atoms with Crippen molar-refractivity contribution in [1.29, 1.82) is 0 Å². The van der Waals surface area contributed by atoms with Gasteiger partial charge < -0.3 is 9.47 Å². The highest BCUT2D eigenvalue weighted by atomic mass is 16.5. The molecule has 2 nitrogen and oxygen atoms in total. The Balaban J connectivity index is 3.17. The van der Waals surface area contributed by atoms with Gasteiger partial charge in [-0.2, -0.15) is 0 Å². The number of benzene rings is 1. The first kappa shape index (κ1) is 10.6. The van der Waals surface area contributed by atoms with Crippen LogP contribution in [0.25, 0.3) is 5.57 Å². The molecule has 0 saturated heterocycles. The quantitative estimate of drug-likeness (QED) is 0.732. The second-order valence-corrected chi connectivity index (χ2v) is 3.07. The van der Waals surface area contributed by atoms with Gasteiger partial charge in [-0.3, -0.25) is 0 Å². The zero-order valence-electron chi connectivity index (χ0n) is 9.13. The van der Waals surface area contributed by atoms with E-state index in [2.05, 4.69) is 13.0 Å². The predicted molar refractivity (Wildman–Crippen MR) is 58.9 cm³/mol. The summed E-state index contributed by atoms with van der Waals surface area (Å²) in [6, 6.07) is 5.86. The first-order valence-electron chi connectivity index (χ1n) is 4.57. The minimum atomic E-state index is 0.820. The van der Waals surface area contributed by atoms with E-state index in [1.807, 2.05) is 25.1 Å². The predicted octanol–water partition coefficient (Wildman–Crippen LogP) is 3.13. The average molecular weight is 192 g/mol. The first-order valence-corrected chi connectivity index (χ1v) is 4.57. The molecule has 1 rings (SSSR count). The summed E-state index contributed by atoms with van der Waals surface area (Å²) in [5.41, 5.74) is 2.34. The van der Waals surface area contributed by atoms with Gasteiger partial charge in [0.1, 0.15) is 11.5 Å². The van der Waals surface area contributed by atoms with Gasteiger partial charge in [-0.15, -0.1) is 0 Å². The smallest absolute Gasteiger partial charge is 0.123 e. The Morgan fingerprint density at radius 2 is 1.57 bits per heavy atom. The summed E-state index contributed by atoms with van der Waals surface area (Å²) in [4.78, 5) is 0. The van der Waals surface area contributed by atoms with E-state index in [1.165, 1.54) is 5.57 Å². The van der Waals surface area contributed by atoms with Crippen LogP contribution in [0.2, 0.25) is 0 Å². The third-order valence-corrected chi connectivity index (χ3v) is 2.24. The molecule has 0 bridgehead atoms. The van der Waals surface area contributed by atoms with Gasteiger partial charge in [-0.05, 0) is 37.1 Å². The number of methoxy groups -OCH3 is 2. The van der Waals surface area contributed by atoms with Crippen LogP contribution < -0.4 is 9.47 Å². The van der Waals surface area contributed by atoms with E-state index >= 15 is 0 Å². The van der Waals surface area contributed by atoms with E-state index < -0.39 is 0 Å². The second kappa shape index (κ2) is 4.70. The van der Waals surface area contributed by atoms with Gasteiger partial charge in [0.05, 0.1) is 14.2 Å². The Morgan fingerprint density at radius 1 is 1.07 bits per heavy atom. The Hall–Kier alpha value is -1.44. The maximum absolute atomic E-state index is 5.18. The summed E-state index contributed by atoms with van der Waals surface area (Å²) >= 11 is 0. The topological polar surface area (TPSA) is 18.5 Å². The molecule has 0 N–H and O–H groups in total. The summed E-state index contributed by atoms with van der Waals surface area (Å²) in [7, 11) is 3.31. The average Bonchev–Trinajstić information content (AvgIpc) is 2.27. The zero-order valence-corrected chi connectivity index (χ0v) is 9.13. The van der Waals surface area contributed by atoms with Gasteiger partial charge in [0, 0.05) is 6.07 Å². The van der Waals surface area contributed by atoms with Crippen LogP contribution >= 0.6 is 0 Å². The number of rotatable bonds is 3. The van der Waals surface area contributed by atoms with Crippen molar-refractivity contribution in [1.82, 2.24) is 0 Å². The monoisotopic (exact) mass is 192 g/mol. The molecular formula is C12H16O2. The molecule has 0 aliphatic carbocycles. The van der Waals surface area contributed by atoms with Gasteiger partial charge in [0.25, 0.3) is 0 Å². The molecule has 0 amide bonds. The standard InChI is InChI=1S/C12H16O2/c1-5-9(2)10-6-11(13-3)8-12(7-10)14-4/h5-8H,1-4H3. The van der Waals surface area contributed by atoms with Crippen LogP contribution in [0, 0.1) is 0 Å². The van der Waals surface area contributed by atoms with Crippen LogP contribution in [0.15, 0.2) is 24.3 Å². The fourth-order valence-electron chi connectivity index (χ4n) is 1.20. The van der Waals surface area contributed by atoms with E-state index in [-0.39, 0.29) is 0 Å². The lowest BCUT2D eigenvalue weighted by atomic mass is 10.1.